The van der Waals surface area contributed by atoms with E-state index < -0.39 is 0 Å². The fourth-order valence-corrected chi connectivity index (χ4v) is 3.96. The Morgan fingerprint density at radius 1 is 0.714 bits per heavy atom. The third-order valence-corrected chi connectivity index (χ3v) is 6.33. The summed E-state index contributed by atoms with van der Waals surface area (Å²) in [6.45, 7) is 16.2. The Morgan fingerprint density at radius 2 is 1.09 bits per heavy atom. The molecular formula is C25H44N4O6. The van der Waals surface area contributed by atoms with Gasteiger partial charge in [-0.25, -0.2) is 9.59 Å². The van der Waals surface area contributed by atoms with Gasteiger partial charge in [-0.1, -0.05) is 27.7 Å². The molecule has 0 amide bonds. The van der Waals surface area contributed by atoms with Gasteiger partial charge in [0.2, 0.25) is 11.8 Å². The summed E-state index contributed by atoms with van der Waals surface area (Å²) in [4.78, 5) is 24.6. The maximum Gasteiger partial charge on any atom is 0.331 e. The van der Waals surface area contributed by atoms with Crippen molar-refractivity contribution in [3.8, 4) is 11.8 Å². The molecule has 10 heteroatoms. The Morgan fingerprint density at radius 3 is 1.40 bits per heavy atom. The van der Waals surface area contributed by atoms with Gasteiger partial charge in [0.05, 0.1) is 12.4 Å². The van der Waals surface area contributed by atoms with Gasteiger partial charge in [0.25, 0.3) is 0 Å². The fourth-order valence-electron chi connectivity index (χ4n) is 3.96. The van der Waals surface area contributed by atoms with Crippen molar-refractivity contribution in [1.82, 2.24) is 18.3 Å². The van der Waals surface area contributed by atoms with Gasteiger partial charge < -0.3 is 19.7 Å². The van der Waals surface area contributed by atoms with Crippen LogP contribution >= 0.6 is 0 Å². The molecule has 0 fully saturated rings. The SMILES string of the molecule is CCn1cc(O)n(CC(C)(C)CCOCCCOCCC(C)(C)Cn2c(O)cn(CC)c2=O)c1=O. The van der Waals surface area contributed by atoms with E-state index in [1.54, 1.807) is 0 Å². The first kappa shape index (κ1) is 28.8. The van der Waals surface area contributed by atoms with E-state index in [2.05, 4.69) is 27.7 Å². The number of imidazole rings is 2. The van der Waals surface area contributed by atoms with E-state index in [4.69, 9.17) is 9.47 Å². The minimum atomic E-state index is -0.197. The van der Waals surface area contributed by atoms with Crippen LogP contribution in [-0.2, 0) is 35.7 Å². The van der Waals surface area contributed by atoms with Crippen LogP contribution in [0.2, 0.25) is 0 Å². The number of aromatic nitrogens is 4. The van der Waals surface area contributed by atoms with Gasteiger partial charge in [0.15, 0.2) is 0 Å². The summed E-state index contributed by atoms with van der Waals surface area (Å²) in [5.41, 5.74) is -0.777. The third-order valence-electron chi connectivity index (χ3n) is 6.33. The molecule has 35 heavy (non-hydrogen) atoms. The molecule has 2 aromatic heterocycles. The van der Waals surface area contributed by atoms with Crippen molar-refractivity contribution in [3.63, 3.8) is 0 Å². The molecule has 200 valence electrons. The van der Waals surface area contributed by atoms with Gasteiger partial charge in [-0.2, -0.15) is 0 Å². The van der Waals surface area contributed by atoms with Gasteiger partial charge in [-0.3, -0.25) is 18.3 Å². The highest BCUT2D eigenvalue weighted by atomic mass is 16.5. The molecule has 0 atom stereocenters. The summed E-state index contributed by atoms with van der Waals surface area (Å²) in [5.74, 6) is -0.0104. The molecule has 0 aliphatic rings. The molecule has 0 aliphatic carbocycles. The van der Waals surface area contributed by atoms with Crippen molar-refractivity contribution in [2.75, 3.05) is 26.4 Å². The predicted octanol–water partition coefficient (Wildman–Crippen LogP) is 3.02. The van der Waals surface area contributed by atoms with Crippen LogP contribution in [0.3, 0.4) is 0 Å². The van der Waals surface area contributed by atoms with Crippen LogP contribution in [-0.4, -0.2) is 54.9 Å². The Labute approximate surface area is 207 Å². The Hall–Kier alpha value is -2.46. The number of nitrogens with zero attached hydrogens (tertiary/aromatic N) is 4. The average molecular weight is 497 g/mol. The topological polar surface area (TPSA) is 113 Å². The molecule has 0 aliphatic heterocycles. The van der Waals surface area contributed by atoms with E-state index >= 15 is 0 Å². The first-order valence-electron chi connectivity index (χ1n) is 12.5. The van der Waals surface area contributed by atoms with Crippen LogP contribution in [0.5, 0.6) is 11.8 Å². The molecule has 0 radical (unpaired) electrons. The normalized spacial score (nSPS) is 12.5. The quantitative estimate of drug-likeness (QED) is 0.346. The van der Waals surface area contributed by atoms with Crippen LogP contribution in [0.15, 0.2) is 22.0 Å². The van der Waals surface area contributed by atoms with Crippen LogP contribution in [0.4, 0.5) is 0 Å². The van der Waals surface area contributed by atoms with E-state index in [1.165, 1.54) is 30.7 Å². The summed E-state index contributed by atoms with van der Waals surface area (Å²) < 4.78 is 17.3. The van der Waals surface area contributed by atoms with Crippen LogP contribution in [0.25, 0.3) is 0 Å². The van der Waals surface area contributed by atoms with Gasteiger partial charge in [0.1, 0.15) is 0 Å². The lowest BCUT2D eigenvalue weighted by Crippen LogP contribution is -2.30. The highest BCUT2D eigenvalue weighted by Gasteiger charge is 2.23. The lowest BCUT2D eigenvalue weighted by molar-refractivity contribution is 0.0567. The van der Waals surface area contributed by atoms with Crippen LogP contribution < -0.4 is 11.4 Å². The van der Waals surface area contributed by atoms with E-state index in [0.717, 1.165) is 19.3 Å². The zero-order valence-corrected chi connectivity index (χ0v) is 22.2. The average Bonchev–Trinajstić information content (AvgIpc) is 3.21. The summed E-state index contributed by atoms with van der Waals surface area (Å²) >= 11 is 0. The van der Waals surface area contributed by atoms with Gasteiger partial charge >= 0.3 is 11.4 Å². The summed E-state index contributed by atoms with van der Waals surface area (Å²) in [6.07, 6.45) is 5.25. The second-order valence-electron chi connectivity index (χ2n) is 10.7. The number of aromatic hydroxyl groups is 2. The first-order valence-corrected chi connectivity index (χ1v) is 12.5. The second kappa shape index (κ2) is 12.5. The van der Waals surface area contributed by atoms with Crippen molar-refractivity contribution in [1.29, 1.82) is 0 Å². The molecule has 0 saturated heterocycles. The summed E-state index contributed by atoms with van der Waals surface area (Å²) in [7, 11) is 0. The molecule has 2 rings (SSSR count). The molecular weight excluding hydrogens is 452 g/mol. The molecule has 2 heterocycles. The minimum absolute atomic E-state index is 0.00519. The summed E-state index contributed by atoms with van der Waals surface area (Å²) in [6, 6.07) is 0. The molecule has 2 N–H and O–H groups in total. The standard InChI is InChI=1S/C25H44N4O6/c1-7-26-16-20(30)28(22(26)32)18-24(3,4)10-14-34-12-9-13-35-15-11-25(5,6)19-29-21(31)17-27(8-2)23(29)33/h16-17,30-31H,7-15,18-19H2,1-6H3. The molecule has 10 nitrogen and oxygen atoms in total. The number of hydrogen-bond acceptors (Lipinski definition) is 6. The predicted molar refractivity (Wildman–Crippen MR) is 135 cm³/mol. The number of rotatable bonds is 16. The Balaban J connectivity index is 1.62. The van der Waals surface area contributed by atoms with Crippen LogP contribution in [0, 0.1) is 10.8 Å². The molecule has 0 bridgehead atoms. The zero-order chi connectivity index (χ0) is 26.2. The van der Waals surface area contributed by atoms with Crippen molar-refractivity contribution >= 4 is 0 Å². The molecule has 0 spiro atoms. The number of aryl methyl sites for hydroxylation is 2. The van der Waals surface area contributed by atoms with Crippen LogP contribution in [0.1, 0.15) is 60.8 Å². The highest BCUT2D eigenvalue weighted by molar-refractivity contribution is 5.06. The first-order chi connectivity index (χ1) is 16.4. The van der Waals surface area contributed by atoms with E-state index in [9.17, 15) is 19.8 Å². The fraction of sp³-hybridized carbons (Fsp3) is 0.760. The zero-order valence-electron chi connectivity index (χ0n) is 22.2. The van der Waals surface area contributed by atoms with Crippen molar-refractivity contribution in [2.45, 2.75) is 87.0 Å². The maximum atomic E-state index is 12.3. The maximum absolute atomic E-state index is 12.3. The van der Waals surface area contributed by atoms with E-state index in [1.807, 2.05) is 13.8 Å². The highest BCUT2D eigenvalue weighted by Crippen LogP contribution is 2.25. The van der Waals surface area contributed by atoms with Crippen molar-refractivity contribution in [2.24, 2.45) is 10.8 Å². The Bertz CT molecular complexity index is 961. The lowest BCUT2D eigenvalue weighted by atomic mass is 9.89. The lowest BCUT2D eigenvalue weighted by Gasteiger charge is -2.25. The summed E-state index contributed by atoms with van der Waals surface area (Å²) in [5, 5.41) is 20.1. The largest absolute Gasteiger partial charge is 0.493 e. The Kier molecular flexibility index (Phi) is 10.3. The van der Waals surface area contributed by atoms with Crippen molar-refractivity contribution in [3.05, 3.63) is 33.4 Å². The van der Waals surface area contributed by atoms with Gasteiger partial charge in [-0.05, 0) is 43.9 Å². The molecule has 0 aromatic carbocycles. The monoisotopic (exact) mass is 496 g/mol. The van der Waals surface area contributed by atoms with Gasteiger partial charge in [-0.15, -0.1) is 0 Å². The van der Waals surface area contributed by atoms with Gasteiger partial charge in [0, 0.05) is 52.6 Å². The van der Waals surface area contributed by atoms with Crippen molar-refractivity contribution < 1.29 is 19.7 Å². The number of ether oxygens (including phenoxy) is 2. The molecule has 0 unspecified atom stereocenters. The smallest absolute Gasteiger partial charge is 0.331 e. The molecule has 2 aromatic rings. The number of hydrogen-bond donors (Lipinski definition) is 2. The minimum Gasteiger partial charge on any atom is -0.493 e. The second-order valence-corrected chi connectivity index (χ2v) is 10.7. The molecule has 0 saturated carbocycles. The third kappa shape index (κ3) is 8.31. The van der Waals surface area contributed by atoms with E-state index in [-0.39, 0.29) is 34.0 Å². The van der Waals surface area contributed by atoms with E-state index in [0.29, 0.717) is 52.6 Å².